The molecule has 0 N–H and O–H groups in total. The molecule has 7 heteroatoms. The van der Waals surface area contributed by atoms with Crippen molar-refractivity contribution in [1.29, 1.82) is 0 Å². The van der Waals surface area contributed by atoms with Crippen molar-refractivity contribution in [2.75, 3.05) is 0 Å². The quantitative estimate of drug-likeness (QED) is 0.497. The SMILES string of the molecule is Cc1nc(Cl)n(-c2ccc(Cl)cc2)c1-c1c(F)ccc(Cl)c1F. The van der Waals surface area contributed by atoms with Crippen molar-refractivity contribution in [2.24, 2.45) is 0 Å². The highest BCUT2D eigenvalue weighted by molar-refractivity contribution is 6.31. The maximum absolute atomic E-state index is 14.4. The lowest BCUT2D eigenvalue weighted by Gasteiger charge is -2.12. The van der Waals surface area contributed by atoms with Gasteiger partial charge in [-0.25, -0.2) is 13.8 Å². The molecule has 0 atom stereocenters. The molecule has 2 nitrogen and oxygen atoms in total. The fourth-order valence-electron chi connectivity index (χ4n) is 2.36. The van der Waals surface area contributed by atoms with Gasteiger partial charge in [-0.2, -0.15) is 0 Å². The number of aryl methyl sites for hydroxylation is 1. The largest absolute Gasteiger partial charge is 0.283 e. The first-order valence-corrected chi connectivity index (χ1v) is 7.68. The van der Waals surface area contributed by atoms with Crippen LogP contribution in [0.3, 0.4) is 0 Å². The Labute approximate surface area is 146 Å². The van der Waals surface area contributed by atoms with Crippen molar-refractivity contribution in [3.63, 3.8) is 0 Å². The molecule has 0 radical (unpaired) electrons. The molecule has 23 heavy (non-hydrogen) atoms. The second-order valence-corrected chi connectivity index (χ2v) is 6.03. The molecule has 0 saturated carbocycles. The average Bonchev–Trinajstić information content (AvgIpc) is 2.79. The molecule has 2 aromatic carbocycles. The van der Waals surface area contributed by atoms with E-state index in [1.807, 2.05) is 0 Å². The number of imidazole rings is 1. The van der Waals surface area contributed by atoms with E-state index in [1.165, 1.54) is 4.57 Å². The van der Waals surface area contributed by atoms with E-state index in [4.69, 9.17) is 34.8 Å². The number of halogens is 5. The highest BCUT2D eigenvalue weighted by Gasteiger charge is 2.23. The van der Waals surface area contributed by atoms with Gasteiger partial charge in [0.05, 0.1) is 22.0 Å². The Kier molecular flexibility index (Phi) is 4.32. The standard InChI is InChI=1S/C16H9Cl3F2N2/c1-8-15(13-12(20)7-6-11(18)14(13)21)23(16(19)22-8)10-4-2-9(17)3-5-10/h2-7H,1H3. The molecule has 0 spiro atoms. The molecule has 0 unspecified atom stereocenters. The molecule has 0 fully saturated rings. The van der Waals surface area contributed by atoms with Crippen molar-refractivity contribution in [2.45, 2.75) is 6.92 Å². The molecule has 0 saturated heterocycles. The highest BCUT2D eigenvalue weighted by atomic mass is 35.5. The van der Waals surface area contributed by atoms with Crippen LogP contribution in [0.5, 0.6) is 0 Å². The summed E-state index contributed by atoms with van der Waals surface area (Å²) in [6.45, 7) is 1.62. The molecule has 0 aliphatic heterocycles. The summed E-state index contributed by atoms with van der Waals surface area (Å²) < 4.78 is 30.1. The van der Waals surface area contributed by atoms with Gasteiger partial charge in [0.2, 0.25) is 5.28 Å². The van der Waals surface area contributed by atoms with Crippen molar-refractivity contribution in [3.8, 4) is 16.9 Å². The third-order valence-electron chi connectivity index (χ3n) is 3.38. The number of rotatable bonds is 2. The van der Waals surface area contributed by atoms with Crippen molar-refractivity contribution < 1.29 is 8.78 Å². The zero-order valence-electron chi connectivity index (χ0n) is 11.7. The van der Waals surface area contributed by atoms with Gasteiger partial charge >= 0.3 is 0 Å². The zero-order valence-corrected chi connectivity index (χ0v) is 14.0. The fraction of sp³-hybridized carbons (Fsp3) is 0.0625. The van der Waals surface area contributed by atoms with E-state index in [2.05, 4.69) is 4.98 Å². The maximum Gasteiger partial charge on any atom is 0.208 e. The lowest BCUT2D eigenvalue weighted by atomic mass is 10.1. The van der Waals surface area contributed by atoms with Gasteiger partial charge in [0, 0.05) is 10.7 Å². The molecule has 3 rings (SSSR count). The number of aromatic nitrogens is 2. The summed E-state index contributed by atoms with van der Waals surface area (Å²) in [6.07, 6.45) is 0. The topological polar surface area (TPSA) is 17.8 Å². The van der Waals surface area contributed by atoms with Crippen LogP contribution in [0.1, 0.15) is 5.69 Å². The summed E-state index contributed by atoms with van der Waals surface area (Å²) in [5.74, 6) is -1.61. The highest BCUT2D eigenvalue weighted by Crippen LogP contribution is 2.36. The van der Waals surface area contributed by atoms with Gasteiger partial charge in [0.15, 0.2) is 5.82 Å². The first kappa shape index (κ1) is 16.2. The van der Waals surface area contributed by atoms with Crippen LogP contribution in [0.4, 0.5) is 8.78 Å². The third-order valence-corrected chi connectivity index (χ3v) is 4.17. The predicted molar refractivity (Wildman–Crippen MR) is 88.7 cm³/mol. The van der Waals surface area contributed by atoms with E-state index < -0.39 is 11.6 Å². The Bertz CT molecular complexity index is 889. The summed E-state index contributed by atoms with van der Waals surface area (Å²) in [4.78, 5) is 4.12. The molecule has 0 amide bonds. The minimum Gasteiger partial charge on any atom is -0.283 e. The lowest BCUT2D eigenvalue weighted by Crippen LogP contribution is -2.01. The van der Waals surface area contributed by atoms with Crippen LogP contribution in [0, 0.1) is 18.6 Å². The summed E-state index contributed by atoms with van der Waals surface area (Å²) in [6, 6.07) is 8.93. The molecular weight excluding hydrogens is 365 g/mol. The molecule has 1 aromatic heterocycles. The van der Waals surface area contributed by atoms with E-state index >= 15 is 0 Å². The van der Waals surface area contributed by atoms with Gasteiger partial charge in [0.1, 0.15) is 5.82 Å². The van der Waals surface area contributed by atoms with E-state index in [1.54, 1.807) is 31.2 Å². The summed E-state index contributed by atoms with van der Waals surface area (Å²) in [7, 11) is 0. The first-order chi connectivity index (χ1) is 10.9. The van der Waals surface area contributed by atoms with Crippen LogP contribution < -0.4 is 0 Å². The number of benzene rings is 2. The fourth-order valence-corrected chi connectivity index (χ4v) is 2.95. The van der Waals surface area contributed by atoms with Crippen molar-refractivity contribution in [3.05, 3.63) is 69.1 Å². The van der Waals surface area contributed by atoms with Crippen LogP contribution in [-0.2, 0) is 0 Å². The molecular formula is C16H9Cl3F2N2. The smallest absolute Gasteiger partial charge is 0.208 e. The molecule has 0 aliphatic rings. The van der Waals surface area contributed by atoms with Crippen molar-refractivity contribution >= 4 is 34.8 Å². The Morgan fingerprint density at radius 3 is 2.26 bits per heavy atom. The minimum absolute atomic E-state index is 0.0820. The summed E-state index contributed by atoms with van der Waals surface area (Å²) >= 11 is 17.8. The van der Waals surface area contributed by atoms with E-state index in [0.717, 1.165) is 12.1 Å². The second kappa shape index (κ2) is 6.11. The van der Waals surface area contributed by atoms with E-state index in [0.29, 0.717) is 16.4 Å². The Hall–Kier alpha value is -1.62. The van der Waals surface area contributed by atoms with Gasteiger partial charge < -0.3 is 0 Å². The Balaban J connectivity index is 2.34. The second-order valence-electron chi connectivity index (χ2n) is 4.84. The van der Waals surface area contributed by atoms with Crippen LogP contribution in [0.2, 0.25) is 15.3 Å². The molecule has 0 aliphatic carbocycles. The monoisotopic (exact) mass is 372 g/mol. The molecule has 0 bridgehead atoms. The Morgan fingerprint density at radius 2 is 1.61 bits per heavy atom. The van der Waals surface area contributed by atoms with Gasteiger partial charge in [-0.05, 0) is 54.9 Å². The predicted octanol–water partition coefficient (Wildman–Crippen LogP) is 6.09. The maximum atomic E-state index is 14.4. The van der Waals surface area contributed by atoms with E-state index in [-0.39, 0.29) is 21.6 Å². The van der Waals surface area contributed by atoms with Crippen molar-refractivity contribution in [1.82, 2.24) is 9.55 Å². The van der Waals surface area contributed by atoms with Gasteiger partial charge in [-0.3, -0.25) is 4.57 Å². The van der Waals surface area contributed by atoms with Crippen LogP contribution in [0.15, 0.2) is 36.4 Å². The number of hydrogen-bond donors (Lipinski definition) is 0. The molecule has 1 heterocycles. The summed E-state index contributed by atoms with van der Waals surface area (Å²) in [5, 5.41) is 0.433. The van der Waals surface area contributed by atoms with Crippen LogP contribution in [0.25, 0.3) is 16.9 Å². The molecule has 118 valence electrons. The van der Waals surface area contributed by atoms with Crippen LogP contribution >= 0.6 is 34.8 Å². The Morgan fingerprint density at radius 1 is 0.957 bits per heavy atom. The minimum atomic E-state index is -0.860. The normalized spacial score (nSPS) is 11.0. The lowest BCUT2D eigenvalue weighted by molar-refractivity contribution is 0.588. The summed E-state index contributed by atoms with van der Waals surface area (Å²) in [5.41, 5.74) is 0.887. The van der Waals surface area contributed by atoms with Crippen LogP contribution in [-0.4, -0.2) is 9.55 Å². The van der Waals surface area contributed by atoms with Gasteiger partial charge in [0.25, 0.3) is 0 Å². The molecule has 3 aromatic rings. The average molecular weight is 374 g/mol. The zero-order chi connectivity index (χ0) is 16.7. The third kappa shape index (κ3) is 2.82. The first-order valence-electron chi connectivity index (χ1n) is 6.54. The number of nitrogens with zero attached hydrogens (tertiary/aromatic N) is 2. The number of hydrogen-bond acceptors (Lipinski definition) is 1. The van der Waals surface area contributed by atoms with E-state index in [9.17, 15) is 8.78 Å². The van der Waals surface area contributed by atoms with Gasteiger partial charge in [-0.15, -0.1) is 0 Å². The van der Waals surface area contributed by atoms with Gasteiger partial charge in [-0.1, -0.05) is 23.2 Å².